The van der Waals surface area contributed by atoms with Crippen LogP contribution in [-0.2, 0) is 4.79 Å². The molecule has 0 spiro atoms. The van der Waals surface area contributed by atoms with E-state index in [9.17, 15) is 9.90 Å². The molecular formula is C14H26N2O2. The molecule has 1 heterocycles. The van der Waals surface area contributed by atoms with Gasteiger partial charge in [-0.05, 0) is 51.0 Å². The lowest BCUT2D eigenvalue weighted by molar-refractivity contribution is -0.127. The van der Waals surface area contributed by atoms with Crippen LogP contribution >= 0.6 is 0 Å². The normalized spacial score (nSPS) is 35.9. The maximum Gasteiger partial charge on any atom is 0.240 e. The summed E-state index contributed by atoms with van der Waals surface area (Å²) < 4.78 is 0. The maximum atomic E-state index is 12.4. The molecule has 1 saturated heterocycles. The van der Waals surface area contributed by atoms with Gasteiger partial charge in [-0.25, -0.2) is 0 Å². The summed E-state index contributed by atoms with van der Waals surface area (Å²) in [6.45, 7) is 3.81. The van der Waals surface area contributed by atoms with Crippen molar-refractivity contribution in [1.29, 1.82) is 0 Å². The highest BCUT2D eigenvalue weighted by Gasteiger charge is 2.40. The van der Waals surface area contributed by atoms with E-state index in [0.29, 0.717) is 5.92 Å². The van der Waals surface area contributed by atoms with E-state index in [1.807, 2.05) is 0 Å². The zero-order chi connectivity index (χ0) is 13.0. The molecular weight excluding hydrogens is 228 g/mol. The SMILES string of the molecule is CCCC1(C(=O)NCC2CCC(O)C2)CCCN1. The van der Waals surface area contributed by atoms with Gasteiger partial charge in [-0.3, -0.25) is 4.79 Å². The highest BCUT2D eigenvalue weighted by atomic mass is 16.3. The van der Waals surface area contributed by atoms with Gasteiger partial charge < -0.3 is 15.7 Å². The van der Waals surface area contributed by atoms with Gasteiger partial charge >= 0.3 is 0 Å². The second-order valence-corrected chi connectivity index (χ2v) is 5.91. The lowest BCUT2D eigenvalue weighted by atomic mass is 9.90. The second-order valence-electron chi connectivity index (χ2n) is 5.91. The van der Waals surface area contributed by atoms with Gasteiger partial charge in [0, 0.05) is 6.54 Å². The van der Waals surface area contributed by atoms with Gasteiger partial charge in [0.1, 0.15) is 0 Å². The Balaban J connectivity index is 1.82. The van der Waals surface area contributed by atoms with Crippen LogP contribution in [0.3, 0.4) is 0 Å². The summed E-state index contributed by atoms with van der Waals surface area (Å²) in [5, 5.41) is 16.0. The van der Waals surface area contributed by atoms with Gasteiger partial charge in [0.05, 0.1) is 11.6 Å². The second kappa shape index (κ2) is 6.02. The molecule has 3 unspecified atom stereocenters. The first kappa shape index (κ1) is 13.8. The number of rotatable bonds is 5. The summed E-state index contributed by atoms with van der Waals surface area (Å²) in [6.07, 6.45) is 6.62. The van der Waals surface area contributed by atoms with Crippen LogP contribution in [0.5, 0.6) is 0 Å². The summed E-state index contributed by atoms with van der Waals surface area (Å²) in [5.41, 5.74) is -0.314. The summed E-state index contributed by atoms with van der Waals surface area (Å²) in [6, 6.07) is 0. The number of hydrogen-bond donors (Lipinski definition) is 3. The average Bonchev–Trinajstić information content (AvgIpc) is 2.97. The Kier molecular flexibility index (Phi) is 4.62. The van der Waals surface area contributed by atoms with Crippen molar-refractivity contribution < 1.29 is 9.90 Å². The van der Waals surface area contributed by atoms with Gasteiger partial charge in [0.2, 0.25) is 5.91 Å². The van der Waals surface area contributed by atoms with E-state index >= 15 is 0 Å². The minimum absolute atomic E-state index is 0.152. The highest BCUT2D eigenvalue weighted by molar-refractivity contribution is 5.86. The molecule has 2 aliphatic rings. The topological polar surface area (TPSA) is 61.4 Å². The highest BCUT2D eigenvalue weighted by Crippen LogP contribution is 2.27. The number of hydrogen-bond acceptors (Lipinski definition) is 3. The molecule has 0 aromatic heterocycles. The average molecular weight is 254 g/mol. The summed E-state index contributed by atoms with van der Waals surface area (Å²) in [7, 11) is 0. The molecule has 18 heavy (non-hydrogen) atoms. The summed E-state index contributed by atoms with van der Waals surface area (Å²) in [4.78, 5) is 12.4. The molecule has 3 atom stereocenters. The number of carbonyl (C=O) groups is 1. The van der Waals surface area contributed by atoms with Crippen molar-refractivity contribution in [2.45, 2.75) is 63.5 Å². The van der Waals surface area contributed by atoms with Gasteiger partial charge in [-0.15, -0.1) is 0 Å². The van der Waals surface area contributed by atoms with Gasteiger partial charge in [-0.1, -0.05) is 13.3 Å². The molecule has 0 bridgehead atoms. The minimum Gasteiger partial charge on any atom is -0.393 e. The Hall–Kier alpha value is -0.610. The van der Waals surface area contributed by atoms with Gasteiger partial charge in [0.15, 0.2) is 0 Å². The Morgan fingerprint density at radius 2 is 2.33 bits per heavy atom. The van der Waals surface area contributed by atoms with Crippen molar-refractivity contribution >= 4 is 5.91 Å². The van der Waals surface area contributed by atoms with E-state index in [4.69, 9.17) is 0 Å². The van der Waals surface area contributed by atoms with Crippen LogP contribution in [0.4, 0.5) is 0 Å². The Labute approximate surface area is 110 Å². The van der Waals surface area contributed by atoms with Crippen LogP contribution < -0.4 is 10.6 Å². The molecule has 104 valence electrons. The molecule has 1 aliphatic carbocycles. The molecule has 4 nitrogen and oxygen atoms in total. The lowest BCUT2D eigenvalue weighted by Crippen LogP contribution is -2.54. The predicted molar refractivity (Wildman–Crippen MR) is 71.2 cm³/mol. The van der Waals surface area contributed by atoms with Crippen molar-refractivity contribution in [3.8, 4) is 0 Å². The third-order valence-corrected chi connectivity index (χ3v) is 4.42. The first-order chi connectivity index (χ1) is 8.66. The molecule has 1 aliphatic heterocycles. The Morgan fingerprint density at radius 3 is 2.89 bits per heavy atom. The van der Waals surface area contributed by atoms with Crippen LogP contribution in [-0.4, -0.2) is 35.7 Å². The van der Waals surface area contributed by atoms with Crippen LogP contribution in [0.25, 0.3) is 0 Å². The van der Waals surface area contributed by atoms with Crippen molar-refractivity contribution in [2.75, 3.05) is 13.1 Å². The lowest BCUT2D eigenvalue weighted by Gasteiger charge is -2.28. The quantitative estimate of drug-likeness (QED) is 0.690. The van der Waals surface area contributed by atoms with E-state index in [0.717, 1.165) is 58.0 Å². The van der Waals surface area contributed by atoms with E-state index in [1.165, 1.54) is 0 Å². The third kappa shape index (κ3) is 3.04. The van der Waals surface area contributed by atoms with E-state index < -0.39 is 0 Å². The molecule has 0 radical (unpaired) electrons. The summed E-state index contributed by atoms with van der Waals surface area (Å²) >= 11 is 0. The van der Waals surface area contributed by atoms with Crippen molar-refractivity contribution in [3.05, 3.63) is 0 Å². The number of aliphatic hydroxyl groups is 1. The first-order valence-electron chi connectivity index (χ1n) is 7.37. The predicted octanol–water partition coefficient (Wildman–Crippen LogP) is 1.19. The number of carbonyl (C=O) groups excluding carboxylic acids is 1. The van der Waals surface area contributed by atoms with Crippen molar-refractivity contribution in [3.63, 3.8) is 0 Å². The van der Waals surface area contributed by atoms with E-state index in [1.54, 1.807) is 0 Å². The largest absolute Gasteiger partial charge is 0.393 e. The zero-order valence-corrected chi connectivity index (χ0v) is 11.4. The summed E-state index contributed by atoms with van der Waals surface area (Å²) in [5.74, 6) is 0.632. The zero-order valence-electron chi connectivity index (χ0n) is 11.4. The van der Waals surface area contributed by atoms with Crippen LogP contribution in [0.1, 0.15) is 51.9 Å². The molecule has 0 aromatic carbocycles. The smallest absolute Gasteiger partial charge is 0.240 e. The molecule has 1 saturated carbocycles. The van der Waals surface area contributed by atoms with Gasteiger partial charge in [-0.2, -0.15) is 0 Å². The Bertz CT molecular complexity index is 288. The molecule has 2 fully saturated rings. The van der Waals surface area contributed by atoms with Crippen LogP contribution in [0.15, 0.2) is 0 Å². The fourth-order valence-electron chi connectivity index (χ4n) is 3.39. The number of amides is 1. The van der Waals surface area contributed by atoms with Gasteiger partial charge in [0.25, 0.3) is 0 Å². The van der Waals surface area contributed by atoms with E-state index in [2.05, 4.69) is 17.6 Å². The molecule has 3 N–H and O–H groups in total. The number of aliphatic hydroxyl groups excluding tert-OH is 1. The molecule has 2 rings (SSSR count). The van der Waals surface area contributed by atoms with Crippen LogP contribution in [0, 0.1) is 5.92 Å². The van der Waals surface area contributed by atoms with Crippen molar-refractivity contribution in [2.24, 2.45) is 5.92 Å². The third-order valence-electron chi connectivity index (χ3n) is 4.42. The Morgan fingerprint density at radius 1 is 1.50 bits per heavy atom. The fourth-order valence-corrected chi connectivity index (χ4v) is 3.39. The molecule has 4 heteroatoms. The maximum absolute atomic E-state index is 12.4. The minimum atomic E-state index is -0.314. The molecule has 1 amide bonds. The number of nitrogens with one attached hydrogen (secondary N) is 2. The van der Waals surface area contributed by atoms with Crippen molar-refractivity contribution in [1.82, 2.24) is 10.6 Å². The van der Waals surface area contributed by atoms with E-state index in [-0.39, 0.29) is 17.6 Å². The standard InChI is InChI=1S/C14H26N2O2/c1-2-6-14(7-3-8-16-14)13(18)15-10-11-4-5-12(17)9-11/h11-12,16-17H,2-10H2,1H3,(H,15,18). The van der Waals surface area contributed by atoms with Crippen LogP contribution in [0.2, 0.25) is 0 Å². The fraction of sp³-hybridized carbons (Fsp3) is 0.929. The monoisotopic (exact) mass is 254 g/mol. The molecule has 0 aromatic rings. The first-order valence-corrected chi connectivity index (χ1v) is 7.37.